The average Bonchev–Trinajstić information content (AvgIpc) is 2.25. The molecule has 0 saturated heterocycles. The number of unbranched alkanes of at least 4 members (excludes halogenated alkanes) is 1. The summed E-state index contributed by atoms with van der Waals surface area (Å²) in [6.45, 7) is 3.99. The second-order valence-corrected chi connectivity index (χ2v) is 4.59. The highest BCUT2D eigenvalue weighted by Gasteiger charge is 2.19. The van der Waals surface area contributed by atoms with E-state index >= 15 is 0 Å². The van der Waals surface area contributed by atoms with Crippen molar-refractivity contribution in [3.05, 3.63) is 34.3 Å². The van der Waals surface area contributed by atoms with Crippen LogP contribution in [0.4, 0.5) is 0 Å². The van der Waals surface area contributed by atoms with E-state index in [9.17, 15) is 10.2 Å². The molecule has 2 nitrogen and oxygen atoms in total. The molecule has 0 spiro atoms. The molecule has 0 aliphatic carbocycles. The second kappa shape index (κ2) is 6.24. The third-order valence-electron chi connectivity index (χ3n) is 2.69. The standard InChI is InChI=1S/C13H19ClO2/c1-3-4-5-12(15)13(16)10-7-6-9(2)8-11(10)14/h6-8,12-13,15-16H,3-5H2,1-2H3/t12-,13-/m0/s1. The summed E-state index contributed by atoms with van der Waals surface area (Å²) < 4.78 is 0. The largest absolute Gasteiger partial charge is 0.390 e. The molecule has 1 aromatic rings. The molecule has 0 heterocycles. The van der Waals surface area contributed by atoms with Crippen molar-refractivity contribution in [2.24, 2.45) is 0 Å². The van der Waals surface area contributed by atoms with Crippen molar-refractivity contribution in [2.75, 3.05) is 0 Å². The maximum atomic E-state index is 9.95. The van der Waals surface area contributed by atoms with E-state index in [0.29, 0.717) is 17.0 Å². The number of halogens is 1. The first-order valence-corrected chi connectivity index (χ1v) is 6.06. The fraction of sp³-hybridized carbons (Fsp3) is 0.538. The molecule has 0 aliphatic heterocycles. The molecule has 90 valence electrons. The van der Waals surface area contributed by atoms with Gasteiger partial charge in [-0.05, 0) is 25.0 Å². The normalized spacial score (nSPS) is 14.8. The van der Waals surface area contributed by atoms with Crippen molar-refractivity contribution in [1.82, 2.24) is 0 Å². The summed E-state index contributed by atoms with van der Waals surface area (Å²) >= 11 is 6.03. The van der Waals surface area contributed by atoms with Crippen LogP contribution >= 0.6 is 11.6 Å². The van der Waals surface area contributed by atoms with Gasteiger partial charge in [0.05, 0.1) is 6.10 Å². The van der Waals surface area contributed by atoms with E-state index in [4.69, 9.17) is 11.6 Å². The van der Waals surface area contributed by atoms with Gasteiger partial charge in [-0.25, -0.2) is 0 Å². The quantitative estimate of drug-likeness (QED) is 0.832. The number of aryl methyl sites for hydroxylation is 1. The molecular weight excluding hydrogens is 224 g/mol. The summed E-state index contributed by atoms with van der Waals surface area (Å²) in [5.41, 5.74) is 1.65. The van der Waals surface area contributed by atoms with Crippen molar-refractivity contribution < 1.29 is 10.2 Å². The van der Waals surface area contributed by atoms with Crippen LogP contribution in [0.2, 0.25) is 5.02 Å². The number of benzene rings is 1. The fourth-order valence-corrected chi connectivity index (χ4v) is 2.00. The molecule has 1 rings (SSSR count). The van der Waals surface area contributed by atoms with Gasteiger partial charge in [-0.15, -0.1) is 0 Å². The lowest BCUT2D eigenvalue weighted by Crippen LogP contribution is -2.18. The van der Waals surface area contributed by atoms with Gasteiger partial charge in [0.25, 0.3) is 0 Å². The number of aliphatic hydroxyl groups excluding tert-OH is 2. The molecule has 0 aromatic heterocycles. The van der Waals surface area contributed by atoms with E-state index in [1.165, 1.54) is 0 Å². The van der Waals surface area contributed by atoms with Gasteiger partial charge in [0.15, 0.2) is 0 Å². The van der Waals surface area contributed by atoms with E-state index in [1.54, 1.807) is 12.1 Å². The summed E-state index contributed by atoms with van der Waals surface area (Å²) in [7, 11) is 0. The summed E-state index contributed by atoms with van der Waals surface area (Å²) in [4.78, 5) is 0. The summed E-state index contributed by atoms with van der Waals surface area (Å²) in [6.07, 6.45) is 0.884. The molecule has 0 aliphatic rings. The maximum absolute atomic E-state index is 9.95. The minimum absolute atomic E-state index is 0.517. The molecule has 1 aromatic carbocycles. The van der Waals surface area contributed by atoms with Crippen molar-refractivity contribution in [3.63, 3.8) is 0 Å². The van der Waals surface area contributed by atoms with Gasteiger partial charge < -0.3 is 10.2 Å². The van der Waals surface area contributed by atoms with E-state index in [2.05, 4.69) is 6.92 Å². The molecule has 16 heavy (non-hydrogen) atoms. The minimum Gasteiger partial charge on any atom is -0.390 e. The summed E-state index contributed by atoms with van der Waals surface area (Å²) in [6, 6.07) is 5.46. The Bertz CT molecular complexity index is 339. The van der Waals surface area contributed by atoms with Crippen LogP contribution in [0.15, 0.2) is 18.2 Å². The number of hydrogen-bond donors (Lipinski definition) is 2. The number of hydrogen-bond acceptors (Lipinski definition) is 2. The molecule has 0 amide bonds. The highest BCUT2D eigenvalue weighted by Crippen LogP contribution is 2.27. The van der Waals surface area contributed by atoms with Crippen LogP contribution in [0.25, 0.3) is 0 Å². The third-order valence-corrected chi connectivity index (χ3v) is 3.02. The van der Waals surface area contributed by atoms with Crippen LogP contribution in [0.5, 0.6) is 0 Å². The zero-order valence-electron chi connectivity index (χ0n) is 9.78. The molecule has 2 atom stereocenters. The third kappa shape index (κ3) is 3.48. The van der Waals surface area contributed by atoms with E-state index in [-0.39, 0.29) is 0 Å². The Morgan fingerprint density at radius 1 is 1.31 bits per heavy atom. The SMILES string of the molecule is CCCC[C@H](O)[C@@H](O)c1ccc(C)cc1Cl. The van der Waals surface area contributed by atoms with Gasteiger partial charge >= 0.3 is 0 Å². The van der Waals surface area contributed by atoms with Gasteiger partial charge in [-0.1, -0.05) is 43.5 Å². The number of aliphatic hydroxyl groups is 2. The van der Waals surface area contributed by atoms with Gasteiger partial charge in [-0.3, -0.25) is 0 Å². The lowest BCUT2D eigenvalue weighted by molar-refractivity contribution is 0.0123. The molecule has 2 N–H and O–H groups in total. The van der Waals surface area contributed by atoms with Gasteiger partial charge in [0, 0.05) is 10.6 Å². The molecule has 3 heteroatoms. The maximum Gasteiger partial charge on any atom is 0.106 e. The van der Waals surface area contributed by atoms with Crippen LogP contribution < -0.4 is 0 Å². The Balaban J connectivity index is 2.75. The molecular formula is C13H19ClO2. The van der Waals surface area contributed by atoms with Crippen molar-refractivity contribution in [1.29, 1.82) is 0 Å². The van der Waals surface area contributed by atoms with Gasteiger partial charge in [-0.2, -0.15) is 0 Å². The zero-order chi connectivity index (χ0) is 12.1. The Hall–Kier alpha value is -0.570. The van der Waals surface area contributed by atoms with Crippen LogP contribution in [-0.2, 0) is 0 Å². The Morgan fingerprint density at radius 2 is 2.00 bits per heavy atom. The topological polar surface area (TPSA) is 40.5 Å². The van der Waals surface area contributed by atoms with E-state index in [0.717, 1.165) is 18.4 Å². The minimum atomic E-state index is -0.889. The lowest BCUT2D eigenvalue weighted by Gasteiger charge is -2.19. The molecule has 0 bridgehead atoms. The molecule has 0 fully saturated rings. The summed E-state index contributed by atoms with van der Waals surface area (Å²) in [5.74, 6) is 0. The highest BCUT2D eigenvalue weighted by atomic mass is 35.5. The predicted octanol–water partition coefficient (Wildman–Crippen LogP) is 3.23. The van der Waals surface area contributed by atoms with E-state index < -0.39 is 12.2 Å². The van der Waals surface area contributed by atoms with Crippen LogP contribution in [0.1, 0.15) is 43.4 Å². The lowest BCUT2D eigenvalue weighted by atomic mass is 9.99. The Kier molecular flexibility index (Phi) is 5.26. The fourth-order valence-electron chi connectivity index (χ4n) is 1.65. The smallest absolute Gasteiger partial charge is 0.106 e. The first kappa shape index (κ1) is 13.5. The van der Waals surface area contributed by atoms with Crippen molar-refractivity contribution in [2.45, 2.75) is 45.3 Å². The monoisotopic (exact) mass is 242 g/mol. The molecule has 0 unspecified atom stereocenters. The van der Waals surface area contributed by atoms with Crippen LogP contribution in [0, 0.1) is 6.92 Å². The number of rotatable bonds is 5. The van der Waals surface area contributed by atoms with Crippen LogP contribution in [-0.4, -0.2) is 16.3 Å². The second-order valence-electron chi connectivity index (χ2n) is 4.18. The van der Waals surface area contributed by atoms with Gasteiger partial charge in [0.2, 0.25) is 0 Å². The predicted molar refractivity (Wildman–Crippen MR) is 66.7 cm³/mol. The van der Waals surface area contributed by atoms with E-state index in [1.807, 2.05) is 13.0 Å². The Morgan fingerprint density at radius 3 is 2.56 bits per heavy atom. The Labute approximate surface area is 102 Å². The van der Waals surface area contributed by atoms with Gasteiger partial charge in [0.1, 0.15) is 6.10 Å². The first-order valence-electron chi connectivity index (χ1n) is 5.68. The average molecular weight is 243 g/mol. The highest BCUT2D eigenvalue weighted by molar-refractivity contribution is 6.31. The van der Waals surface area contributed by atoms with Crippen molar-refractivity contribution in [3.8, 4) is 0 Å². The first-order chi connectivity index (χ1) is 7.56. The summed E-state index contributed by atoms with van der Waals surface area (Å²) in [5, 5.41) is 20.3. The molecule has 0 radical (unpaired) electrons. The van der Waals surface area contributed by atoms with Crippen molar-refractivity contribution >= 4 is 11.6 Å². The molecule has 0 saturated carbocycles. The zero-order valence-corrected chi connectivity index (χ0v) is 10.5. The van der Waals surface area contributed by atoms with Crippen LogP contribution in [0.3, 0.4) is 0 Å².